The quantitative estimate of drug-likeness (QED) is 0.900. The third-order valence-electron chi connectivity index (χ3n) is 2.77. The van der Waals surface area contributed by atoms with Gasteiger partial charge in [0.25, 0.3) is 0 Å². The first-order chi connectivity index (χ1) is 8.45. The first kappa shape index (κ1) is 12.7. The van der Waals surface area contributed by atoms with Crippen molar-refractivity contribution in [3.05, 3.63) is 29.3 Å². The Labute approximate surface area is 108 Å². The van der Waals surface area contributed by atoms with E-state index in [0.29, 0.717) is 6.04 Å². The van der Waals surface area contributed by atoms with Gasteiger partial charge in [-0.05, 0) is 27.7 Å². The van der Waals surface area contributed by atoms with E-state index in [0.717, 1.165) is 23.9 Å². The van der Waals surface area contributed by atoms with Crippen LogP contribution in [0.1, 0.15) is 30.8 Å². The highest BCUT2D eigenvalue weighted by Crippen LogP contribution is 2.14. The highest BCUT2D eigenvalue weighted by atomic mass is 15.3. The number of nitrogens with one attached hydrogen (secondary N) is 1. The van der Waals surface area contributed by atoms with Gasteiger partial charge >= 0.3 is 0 Å². The highest BCUT2D eigenvalue weighted by Gasteiger charge is 2.10. The van der Waals surface area contributed by atoms with Gasteiger partial charge in [-0.15, -0.1) is 0 Å². The monoisotopic (exact) mass is 247 g/mol. The van der Waals surface area contributed by atoms with Gasteiger partial charge in [0, 0.05) is 31.0 Å². The number of imidazole rings is 1. The van der Waals surface area contributed by atoms with Gasteiger partial charge in [0.05, 0.1) is 17.9 Å². The molecule has 0 aliphatic carbocycles. The number of rotatable bonds is 4. The maximum absolute atomic E-state index is 4.51. The first-order valence-electron chi connectivity index (χ1n) is 6.25. The van der Waals surface area contributed by atoms with Crippen molar-refractivity contribution in [2.45, 2.75) is 40.3 Å². The summed E-state index contributed by atoms with van der Waals surface area (Å²) >= 11 is 0. The summed E-state index contributed by atoms with van der Waals surface area (Å²) in [7, 11) is 1.95. The molecule has 5 nitrogen and oxygen atoms in total. The maximum Gasteiger partial charge on any atom is 0.203 e. The van der Waals surface area contributed by atoms with Crippen molar-refractivity contribution in [2.24, 2.45) is 7.05 Å². The molecule has 0 bridgehead atoms. The van der Waals surface area contributed by atoms with Gasteiger partial charge in [-0.3, -0.25) is 4.68 Å². The first-order valence-corrected chi connectivity index (χ1v) is 6.25. The largest absolute Gasteiger partial charge is 0.353 e. The number of hydrogen-bond donors (Lipinski definition) is 1. The fourth-order valence-corrected chi connectivity index (χ4v) is 2.03. The smallest absolute Gasteiger partial charge is 0.203 e. The molecule has 0 fully saturated rings. The Kier molecular flexibility index (Phi) is 3.41. The van der Waals surface area contributed by atoms with Crippen molar-refractivity contribution in [3.8, 4) is 0 Å². The fraction of sp³-hybridized carbons (Fsp3) is 0.538. The molecule has 0 aliphatic rings. The van der Waals surface area contributed by atoms with Gasteiger partial charge in [0.1, 0.15) is 0 Å². The summed E-state index contributed by atoms with van der Waals surface area (Å²) in [5.74, 6) is 0.922. The summed E-state index contributed by atoms with van der Waals surface area (Å²) in [5, 5.41) is 7.73. The third-order valence-corrected chi connectivity index (χ3v) is 2.77. The van der Waals surface area contributed by atoms with Gasteiger partial charge in [-0.1, -0.05) is 0 Å². The molecule has 0 radical (unpaired) electrons. The normalized spacial score (nSPS) is 11.2. The van der Waals surface area contributed by atoms with Crippen LogP contribution in [0.15, 0.2) is 12.4 Å². The summed E-state index contributed by atoms with van der Waals surface area (Å²) < 4.78 is 3.99. The maximum atomic E-state index is 4.51. The zero-order valence-corrected chi connectivity index (χ0v) is 11.7. The molecule has 5 heteroatoms. The van der Waals surface area contributed by atoms with Gasteiger partial charge in [-0.2, -0.15) is 5.10 Å². The molecule has 0 aromatic carbocycles. The van der Waals surface area contributed by atoms with E-state index < -0.39 is 0 Å². The summed E-state index contributed by atoms with van der Waals surface area (Å²) in [6.45, 7) is 9.08. The standard InChI is InChI=1S/C13H21N5/c1-9(2)14-13-15-10(3)6-18(13)8-12-7-17(5)16-11(12)4/h6-7,9H,8H2,1-5H3,(H,14,15). The minimum atomic E-state index is 0.376. The zero-order chi connectivity index (χ0) is 13.3. The Morgan fingerprint density at radius 1 is 1.28 bits per heavy atom. The molecule has 0 atom stereocenters. The van der Waals surface area contributed by atoms with E-state index in [1.54, 1.807) is 0 Å². The zero-order valence-electron chi connectivity index (χ0n) is 11.7. The van der Waals surface area contributed by atoms with Crippen molar-refractivity contribution in [2.75, 3.05) is 5.32 Å². The summed E-state index contributed by atoms with van der Waals surface area (Å²) in [5.41, 5.74) is 3.32. The summed E-state index contributed by atoms with van der Waals surface area (Å²) in [6, 6.07) is 0.376. The minimum absolute atomic E-state index is 0.376. The van der Waals surface area contributed by atoms with Crippen molar-refractivity contribution in [3.63, 3.8) is 0 Å². The Hall–Kier alpha value is -1.78. The Morgan fingerprint density at radius 3 is 2.56 bits per heavy atom. The second kappa shape index (κ2) is 4.84. The van der Waals surface area contributed by atoms with Crippen molar-refractivity contribution >= 4 is 5.95 Å². The van der Waals surface area contributed by atoms with Gasteiger partial charge in [-0.25, -0.2) is 4.98 Å². The van der Waals surface area contributed by atoms with E-state index in [-0.39, 0.29) is 0 Å². The van der Waals surface area contributed by atoms with Crippen LogP contribution in [0.4, 0.5) is 5.95 Å². The third kappa shape index (κ3) is 2.72. The molecule has 2 aromatic heterocycles. The predicted octanol–water partition coefficient (Wildman–Crippen LogP) is 2.10. The molecule has 18 heavy (non-hydrogen) atoms. The molecule has 1 N–H and O–H groups in total. The molecule has 2 aromatic rings. The second-order valence-corrected chi connectivity index (χ2v) is 5.05. The van der Waals surface area contributed by atoms with E-state index in [1.807, 2.05) is 25.6 Å². The summed E-state index contributed by atoms with van der Waals surface area (Å²) in [6.07, 6.45) is 4.13. The van der Waals surface area contributed by atoms with Crippen LogP contribution in [0.5, 0.6) is 0 Å². The number of hydrogen-bond acceptors (Lipinski definition) is 3. The number of aromatic nitrogens is 4. The fourth-order valence-electron chi connectivity index (χ4n) is 2.03. The van der Waals surface area contributed by atoms with Crippen LogP contribution < -0.4 is 5.32 Å². The van der Waals surface area contributed by atoms with E-state index >= 15 is 0 Å². The lowest BCUT2D eigenvalue weighted by molar-refractivity contribution is 0.754. The molecule has 0 saturated heterocycles. The number of anilines is 1. The molecule has 0 unspecified atom stereocenters. The van der Waals surface area contributed by atoms with Crippen molar-refractivity contribution in [1.82, 2.24) is 19.3 Å². The van der Waals surface area contributed by atoms with Gasteiger partial charge in [0.2, 0.25) is 5.95 Å². The molecule has 0 amide bonds. The van der Waals surface area contributed by atoms with E-state index in [1.165, 1.54) is 5.56 Å². The van der Waals surface area contributed by atoms with E-state index in [9.17, 15) is 0 Å². The van der Waals surface area contributed by atoms with Crippen molar-refractivity contribution in [1.29, 1.82) is 0 Å². The van der Waals surface area contributed by atoms with Crippen molar-refractivity contribution < 1.29 is 0 Å². The molecule has 2 rings (SSSR count). The minimum Gasteiger partial charge on any atom is -0.353 e. The molecule has 0 spiro atoms. The lowest BCUT2D eigenvalue weighted by Gasteiger charge is -2.11. The topological polar surface area (TPSA) is 47.7 Å². The molecule has 0 saturated carbocycles. The summed E-state index contributed by atoms with van der Waals surface area (Å²) in [4.78, 5) is 4.51. The molecule has 2 heterocycles. The Bertz CT molecular complexity index is 536. The Balaban J connectivity index is 2.25. The van der Waals surface area contributed by atoms with E-state index in [2.05, 4.69) is 46.2 Å². The van der Waals surface area contributed by atoms with Crippen LogP contribution in [0.25, 0.3) is 0 Å². The van der Waals surface area contributed by atoms with Crippen LogP contribution >= 0.6 is 0 Å². The van der Waals surface area contributed by atoms with Crippen LogP contribution in [-0.4, -0.2) is 25.4 Å². The molecule has 0 aliphatic heterocycles. The molecular formula is C13H21N5. The van der Waals surface area contributed by atoms with Crippen LogP contribution in [0, 0.1) is 13.8 Å². The number of aryl methyl sites for hydroxylation is 3. The lowest BCUT2D eigenvalue weighted by atomic mass is 10.2. The Morgan fingerprint density at radius 2 is 2.00 bits per heavy atom. The highest BCUT2D eigenvalue weighted by molar-refractivity contribution is 5.31. The SMILES string of the molecule is Cc1cn(Cc2cn(C)nc2C)c(NC(C)C)n1. The second-order valence-electron chi connectivity index (χ2n) is 5.05. The van der Waals surface area contributed by atoms with Gasteiger partial charge in [0.15, 0.2) is 0 Å². The van der Waals surface area contributed by atoms with Gasteiger partial charge < -0.3 is 9.88 Å². The predicted molar refractivity (Wildman–Crippen MR) is 72.8 cm³/mol. The average molecular weight is 247 g/mol. The van der Waals surface area contributed by atoms with Crippen LogP contribution in [0.2, 0.25) is 0 Å². The molecular weight excluding hydrogens is 226 g/mol. The lowest BCUT2D eigenvalue weighted by Crippen LogP contribution is -2.15. The van der Waals surface area contributed by atoms with Crippen LogP contribution in [-0.2, 0) is 13.6 Å². The van der Waals surface area contributed by atoms with E-state index in [4.69, 9.17) is 0 Å². The van der Waals surface area contributed by atoms with Crippen LogP contribution in [0.3, 0.4) is 0 Å². The number of nitrogens with zero attached hydrogens (tertiary/aromatic N) is 4. The molecule has 98 valence electrons. The average Bonchev–Trinajstić information content (AvgIpc) is 2.71.